The molecule has 0 aliphatic carbocycles. The predicted molar refractivity (Wildman–Crippen MR) is 76.1 cm³/mol. The molecule has 0 heterocycles. The van der Waals surface area contributed by atoms with E-state index in [0.29, 0.717) is 11.8 Å². The summed E-state index contributed by atoms with van der Waals surface area (Å²) in [5.74, 6) is 1.13. The van der Waals surface area contributed by atoms with Gasteiger partial charge in [-0.25, -0.2) is 0 Å². The minimum atomic E-state index is 0.565. The summed E-state index contributed by atoms with van der Waals surface area (Å²) in [5.41, 5.74) is 2.29. The van der Waals surface area contributed by atoms with Crippen LogP contribution in [-0.2, 0) is 11.8 Å². The molecule has 0 aliphatic heterocycles. The third-order valence-corrected chi connectivity index (χ3v) is 4.02. The van der Waals surface area contributed by atoms with Crippen LogP contribution in [0.25, 0.3) is 0 Å². The molecule has 0 N–H and O–H groups in total. The normalized spacial score (nSPS) is 10.5. The molecule has 2 aromatic rings. The lowest BCUT2D eigenvalue weighted by Gasteiger charge is -2.03. The zero-order valence-electron chi connectivity index (χ0n) is 9.20. The smallest absolute Gasteiger partial charge is 0.0474 e. The van der Waals surface area contributed by atoms with Crippen LogP contribution in [0.5, 0.6) is 0 Å². The highest BCUT2D eigenvalue weighted by Crippen LogP contribution is 2.28. The predicted octanol–water partition coefficient (Wildman–Crippen LogP) is 5.32. The van der Waals surface area contributed by atoms with Crippen LogP contribution in [0, 0.1) is 0 Å². The Morgan fingerprint density at radius 2 is 1.00 bits per heavy atom. The van der Waals surface area contributed by atoms with Gasteiger partial charge < -0.3 is 0 Å². The van der Waals surface area contributed by atoms with Crippen LogP contribution in [0.4, 0.5) is 0 Å². The average Bonchev–Trinajstić information content (AvgIpc) is 2.40. The second-order valence-electron chi connectivity index (χ2n) is 3.66. The van der Waals surface area contributed by atoms with Gasteiger partial charge in [0.1, 0.15) is 0 Å². The Balaban J connectivity index is 2.08. The number of hydrogen-bond acceptors (Lipinski definition) is 1. The monoisotopic (exact) mass is 282 g/mol. The van der Waals surface area contributed by atoms with Gasteiger partial charge >= 0.3 is 0 Å². The van der Waals surface area contributed by atoms with E-state index >= 15 is 0 Å². The van der Waals surface area contributed by atoms with E-state index in [1.54, 1.807) is 11.8 Å². The van der Waals surface area contributed by atoms with Gasteiger partial charge in [0.25, 0.3) is 0 Å². The van der Waals surface area contributed by atoms with Gasteiger partial charge in [-0.15, -0.1) is 23.2 Å². The Bertz CT molecular complexity index is 417. The van der Waals surface area contributed by atoms with Gasteiger partial charge in [0.15, 0.2) is 0 Å². The van der Waals surface area contributed by atoms with E-state index in [1.807, 2.05) is 0 Å². The van der Waals surface area contributed by atoms with Crippen molar-refractivity contribution in [1.29, 1.82) is 0 Å². The average molecular weight is 283 g/mol. The number of halogens is 2. The summed E-state index contributed by atoms with van der Waals surface area (Å²) in [6, 6.07) is 16.6. The summed E-state index contributed by atoms with van der Waals surface area (Å²) in [6.45, 7) is 0. The van der Waals surface area contributed by atoms with Gasteiger partial charge in [0.2, 0.25) is 0 Å². The lowest BCUT2D eigenvalue weighted by molar-refractivity contribution is 1.31. The summed E-state index contributed by atoms with van der Waals surface area (Å²) in [7, 11) is 0. The summed E-state index contributed by atoms with van der Waals surface area (Å²) in [4.78, 5) is 2.44. The van der Waals surface area contributed by atoms with Crippen molar-refractivity contribution in [1.82, 2.24) is 0 Å². The molecule has 2 aromatic carbocycles. The molecule has 0 nitrogen and oxygen atoms in total. The van der Waals surface area contributed by atoms with Crippen LogP contribution >= 0.6 is 35.0 Å². The fraction of sp³-hybridized carbons (Fsp3) is 0.143. The molecule has 2 rings (SSSR count). The topological polar surface area (TPSA) is 0 Å². The summed E-state index contributed by atoms with van der Waals surface area (Å²) < 4.78 is 0. The molecule has 88 valence electrons. The van der Waals surface area contributed by atoms with Gasteiger partial charge in [-0.3, -0.25) is 0 Å². The van der Waals surface area contributed by atoms with Crippen molar-refractivity contribution in [3.05, 3.63) is 59.7 Å². The van der Waals surface area contributed by atoms with E-state index < -0.39 is 0 Å². The first-order valence-electron chi connectivity index (χ1n) is 5.29. The Hall–Kier alpha value is -0.630. The molecule has 0 amide bonds. The SMILES string of the molecule is ClCc1ccc(Sc2ccc(CCl)cc2)cc1. The summed E-state index contributed by atoms with van der Waals surface area (Å²) >= 11 is 13.2. The van der Waals surface area contributed by atoms with Gasteiger partial charge in [0, 0.05) is 21.6 Å². The first kappa shape index (κ1) is 12.8. The number of hydrogen-bond donors (Lipinski definition) is 0. The molecular weight excluding hydrogens is 271 g/mol. The van der Waals surface area contributed by atoms with Crippen molar-refractivity contribution in [3.8, 4) is 0 Å². The Morgan fingerprint density at radius 3 is 1.29 bits per heavy atom. The van der Waals surface area contributed by atoms with E-state index in [0.717, 1.165) is 11.1 Å². The Kier molecular flexibility index (Phi) is 4.78. The highest BCUT2D eigenvalue weighted by atomic mass is 35.5. The number of benzene rings is 2. The number of rotatable bonds is 4. The highest BCUT2D eigenvalue weighted by molar-refractivity contribution is 7.99. The molecule has 0 spiro atoms. The second kappa shape index (κ2) is 6.34. The molecule has 0 unspecified atom stereocenters. The van der Waals surface area contributed by atoms with Crippen LogP contribution in [0.1, 0.15) is 11.1 Å². The van der Waals surface area contributed by atoms with Crippen LogP contribution < -0.4 is 0 Å². The molecular formula is C14H12Cl2S. The third kappa shape index (κ3) is 3.67. The van der Waals surface area contributed by atoms with Crippen molar-refractivity contribution >= 4 is 35.0 Å². The lowest BCUT2D eigenvalue weighted by atomic mass is 10.2. The van der Waals surface area contributed by atoms with Crippen molar-refractivity contribution in [2.45, 2.75) is 21.6 Å². The first-order valence-corrected chi connectivity index (χ1v) is 7.18. The molecule has 3 heteroatoms. The van der Waals surface area contributed by atoms with Crippen molar-refractivity contribution in [3.63, 3.8) is 0 Å². The quantitative estimate of drug-likeness (QED) is 0.685. The molecule has 0 aromatic heterocycles. The van der Waals surface area contributed by atoms with E-state index in [2.05, 4.69) is 48.5 Å². The maximum absolute atomic E-state index is 5.75. The van der Waals surface area contributed by atoms with E-state index in [4.69, 9.17) is 23.2 Å². The molecule has 0 radical (unpaired) electrons. The van der Waals surface area contributed by atoms with Crippen molar-refractivity contribution in [2.24, 2.45) is 0 Å². The zero-order valence-corrected chi connectivity index (χ0v) is 11.5. The Morgan fingerprint density at radius 1 is 0.647 bits per heavy atom. The molecule has 0 bridgehead atoms. The largest absolute Gasteiger partial charge is 0.122 e. The summed E-state index contributed by atoms with van der Waals surface area (Å²) in [5, 5.41) is 0. The second-order valence-corrected chi connectivity index (χ2v) is 5.34. The summed E-state index contributed by atoms with van der Waals surface area (Å²) in [6.07, 6.45) is 0. The molecule has 17 heavy (non-hydrogen) atoms. The molecule has 0 fully saturated rings. The van der Waals surface area contributed by atoms with Crippen LogP contribution in [0.3, 0.4) is 0 Å². The van der Waals surface area contributed by atoms with Gasteiger partial charge in [0.05, 0.1) is 0 Å². The third-order valence-electron chi connectivity index (χ3n) is 2.39. The van der Waals surface area contributed by atoms with Gasteiger partial charge in [-0.05, 0) is 35.4 Å². The van der Waals surface area contributed by atoms with Gasteiger partial charge in [-0.1, -0.05) is 36.0 Å². The minimum Gasteiger partial charge on any atom is -0.122 e. The van der Waals surface area contributed by atoms with E-state index in [-0.39, 0.29) is 0 Å². The van der Waals surface area contributed by atoms with Crippen LogP contribution in [0.15, 0.2) is 58.3 Å². The number of alkyl halides is 2. The molecule has 0 atom stereocenters. The minimum absolute atomic E-state index is 0.565. The maximum Gasteiger partial charge on any atom is 0.0474 e. The Labute approximate surface area is 116 Å². The fourth-order valence-electron chi connectivity index (χ4n) is 1.43. The highest BCUT2D eigenvalue weighted by Gasteiger charge is 1.98. The van der Waals surface area contributed by atoms with Crippen LogP contribution in [0.2, 0.25) is 0 Å². The fourth-order valence-corrected chi connectivity index (χ4v) is 2.60. The zero-order chi connectivity index (χ0) is 12.1. The van der Waals surface area contributed by atoms with E-state index in [9.17, 15) is 0 Å². The maximum atomic E-state index is 5.75. The van der Waals surface area contributed by atoms with Crippen molar-refractivity contribution < 1.29 is 0 Å². The van der Waals surface area contributed by atoms with Crippen LogP contribution in [-0.4, -0.2) is 0 Å². The van der Waals surface area contributed by atoms with Crippen molar-refractivity contribution in [2.75, 3.05) is 0 Å². The molecule has 0 aliphatic rings. The standard InChI is InChI=1S/C14H12Cl2S/c15-9-11-1-5-13(6-2-11)17-14-7-3-12(10-16)4-8-14/h1-8H,9-10H2. The van der Waals surface area contributed by atoms with E-state index in [1.165, 1.54) is 9.79 Å². The lowest BCUT2D eigenvalue weighted by Crippen LogP contribution is -1.79. The molecule has 0 saturated carbocycles. The van der Waals surface area contributed by atoms with Gasteiger partial charge in [-0.2, -0.15) is 0 Å². The first-order chi connectivity index (χ1) is 8.31. The molecule has 0 saturated heterocycles.